The van der Waals surface area contributed by atoms with Crippen LogP contribution < -0.4 is 0 Å². The lowest BCUT2D eigenvalue weighted by molar-refractivity contribution is 0.171. The molecule has 0 saturated carbocycles. The molecule has 7 heteroatoms. The van der Waals surface area contributed by atoms with E-state index in [4.69, 9.17) is 23.2 Å². The van der Waals surface area contributed by atoms with Crippen LogP contribution in [-0.2, 0) is 15.8 Å². The average molecular weight is 312 g/mol. The van der Waals surface area contributed by atoms with Crippen LogP contribution >= 0.6 is 23.2 Å². The summed E-state index contributed by atoms with van der Waals surface area (Å²) in [4.78, 5) is 0. The van der Waals surface area contributed by atoms with Gasteiger partial charge in [-0.25, -0.2) is 12.7 Å². The Morgan fingerprint density at radius 1 is 1.39 bits per heavy atom. The molecular weight excluding hydrogens is 297 g/mol. The van der Waals surface area contributed by atoms with Crippen LogP contribution in [0, 0.1) is 0 Å². The standard InChI is InChI=1S/C11H15Cl2NO3S/c1-8(15)6-14(2)18(16,17)7-9-3-4-10(12)5-11(9)13/h3-5,8,15H,6-7H2,1-2H3. The highest BCUT2D eigenvalue weighted by atomic mass is 35.5. The molecule has 1 aromatic rings. The van der Waals surface area contributed by atoms with E-state index in [1.54, 1.807) is 12.1 Å². The van der Waals surface area contributed by atoms with Crippen LogP contribution in [0.15, 0.2) is 18.2 Å². The topological polar surface area (TPSA) is 57.6 Å². The first-order chi connectivity index (χ1) is 8.22. The number of hydrogen-bond acceptors (Lipinski definition) is 3. The van der Waals surface area contributed by atoms with Gasteiger partial charge in [-0.2, -0.15) is 0 Å². The van der Waals surface area contributed by atoms with Gasteiger partial charge in [0.15, 0.2) is 0 Å². The Labute approximate surface area is 117 Å². The molecule has 0 aromatic heterocycles. The first-order valence-electron chi connectivity index (χ1n) is 5.28. The molecular formula is C11H15Cl2NO3S. The maximum Gasteiger partial charge on any atom is 0.218 e. The molecule has 102 valence electrons. The number of hydrogen-bond donors (Lipinski definition) is 1. The summed E-state index contributed by atoms with van der Waals surface area (Å²) in [5, 5.41) is 9.97. The van der Waals surface area contributed by atoms with Gasteiger partial charge in [0, 0.05) is 23.6 Å². The fraction of sp³-hybridized carbons (Fsp3) is 0.455. The van der Waals surface area contributed by atoms with Gasteiger partial charge in [-0.3, -0.25) is 0 Å². The molecule has 18 heavy (non-hydrogen) atoms. The Bertz CT molecular complexity index is 517. The van der Waals surface area contributed by atoms with Gasteiger partial charge in [-0.1, -0.05) is 29.3 Å². The lowest BCUT2D eigenvalue weighted by atomic mass is 10.2. The zero-order chi connectivity index (χ0) is 13.9. The third-order valence-electron chi connectivity index (χ3n) is 2.35. The number of sulfonamides is 1. The van der Waals surface area contributed by atoms with Crippen LogP contribution in [0.1, 0.15) is 12.5 Å². The van der Waals surface area contributed by atoms with Gasteiger partial charge >= 0.3 is 0 Å². The monoisotopic (exact) mass is 311 g/mol. The van der Waals surface area contributed by atoms with E-state index in [1.165, 1.54) is 20.0 Å². The fourth-order valence-corrected chi connectivity index (χ4v) is 3.29. The molecule has 0 saturated heterocycles. The molecule has 1 aromatic carbocycles. The molecule has 0 radical (unpaired) electrons. The molecule has 0 amide bonds. The predicted molar refractivity (Wildman–Crippen MR) is 73.4 cm³/mol. The van der Waals surface area contributed by atoms with Crippen LogP contribution in [0.4, 0.5) is 0 Å². The van der Waals surface area contributed by atoms with E-state index in [0.717, 1.165) is 4.31 Å². The van der Waals surface area contributed by atoms with Crippen LogP contribution in [0.5, 0.6) is 0 Å². The van der Waals surface area contributed by atoms with Gasteiger partial charge in [0.05, 0.1) is 11.9 Å². The van der Waals surface area contributed by atoms with Gasteiger partial charge in [0.2, 0.25) is 10.0 Å². The second kappa shape index (κ2) is 6.21. The summed E-state index contributed by atoms with van der Waals surface area (Å²) < 4.78 is 25.1. The van der Waals surface area contributed by atoms with Crippen molar-refractivity contribution >= 4 is 33.2 Å². The molecule has 0 heterocycles. The van der Waals surface area contributed by atoms with Crippen molar-refractivity contribution in [3.8, 4) is 0 Å². The summed E-state index contributed by atoms with van der Waals surface area (Å²) in [6.45, 7) is 1.58. The molecule has 0 aliphatic rings. The molecule has 0 spiro atoms. The minimum absolute atomic E-state index is 0.0491. The highest BCUT2D eigenvalue weighted by molar-refractivity contribution is 7.88. The lowest BCUT2D eigenvalue weighted by Crippen LogP contribution is -2.34. The quantitative estimate of drug-likeness (QED) is 0.906. The Balaban J connectivity index is 2.88. The SMILES string of the molecule is CC(O)CN(C)S(=O)(=O)Cc1ccc(Cl)cc1Cl. The maximum absolute atomic E-state index is 12.0. The molecule has 1 unspecified atom stereocenters. The predicted octanol–water partition coefficient (Wildman–Crippen LogP) is 2.14. The Kier molecular flexibility index (Phi) is 5.43. The number of benzene rings is 1. The largest absolute Gasteiger partial charge is 0.392 e. The highest BCUT2D eigenvalue weighted by Gasteiger charge is 2.21. The molecule has 0 aliphatic heterocycles. The smallest absolute Gasteiger partial charge is 0.218 e. The van der Waals surface area contributed by atoms with E-state index in [2.05, 4.69) is 0 Å². The minimum atomic E-state index is -3.50. The lowest BCUT2D eigenvalue weighted by Gasteiger charge is -2.19. The van der Waals surface area contributed by atoms with E-state index >= 15 is 0 Å². The molecule has 1 N–H and O–H groups in total. The van der Waals surface area contributed by atoms with Crippen molar-refractivity contribution < 1.29 is 13.5 Å². The van der Waals surface area contributed by atoms with E-state index in [-0.39, 0.29) is 12.3 Å². The van der Waals surface area contributed by atoms with E-state index < -0.39 is 16.1 Å². The summed E-state index contributed by atoms with van der Waals surface area (Å²) in [6.07, 6.45) is -0.717. The fourth-order valence-electron chi connectivity index (χ4n) is 1.43. The van der Waals surface area contributed by atoms with Gasteiger partial charge in [0.1, 0.15) is 0 Å². The van der Waals surface area contributed by atoms with Crippen molar-refractivity contribution in [1.29, 1.82) is 0 Å². The molecule has 0 aliphatic carbocycles. The van der Waals surface area contributed by atoms with Gasteiger partial charge < -0.3 is 5.11 Å². The van der Waals surface area contributed by atoms with Gasteiger partial charge in [-0.05, 0) is 24.6 Å². The summed E-state index contributed by atoms with van der Waals surface area (Å²) in [6, 6.07) is 4.67. The zero-order valence-electron chi connectivity index (χ0n) is 10.1. The second-order valence-electron chi connectivity index (χ2n) is 4.12. The summed E-state index contributed by atoms with van der Waals surface area (Å²) in [5.74, 6) is -0.216. The molecule has 1 atom stereocenters. The third kappa shape index (κ3) is 4.40. The highest BCUT2D eigenvalue weighted by Crippen LogP contribution is 2.23. The van der Waals surface area contributed by atoms with Crippen LogP contribution in [0.25, 0.3) is 0 Å². The number of halogens is 2. The summed E-state index contributed by atoms with van der Waals surface area (Å²) in [7, 11) is -2.08. The Morgan fingerprint density at radius 3 is 2.50 bits per heavy atom. The van der Waals surface area contributed by atoms with E-state index in [1.807, 2.05) is 0 Å². The van der Waals surface area contributed by atoms with Crippen LogP contribution in [0.3, 0.4) is 0 Å². The summed E-state index contributed by atoms with van der Waals surface area (Å²) in [5.41, 5.74) is 0.485. The van der Waals surface area contributed by atoms with Crippen molar-refractivity contribution in [1.82, 2.24) is 4.31 Å². The first-order valence-corrected chi connectivity index (χ1v) is 7.65. The number of aliphatic hydroxyl groups is 1. The maximum atomic E-state index is 12.0. The summed E-state index contributed by atoms with van der Waals surface area (Å²) >= 11 is 11.7. The van der Waals surface area contributed by atoms with Crippen LogP contribution in [0.2, 0.25) is 10.0 Å². The molecule has 0 bridgehead atoms. The van der Waals surface area contributed by atoms with Gasteiger partial charge in [-0.15, -0.1) is 0 Å². The normalized spacial score (nSPS) is 13.9. The zero-order valence-corrected chi connectivity index (χ0v) is 12.4. The third-order valence-corrected chi connectivity index (χ3v) is 4.71. The number of rotatable bonds is 5. The van der Waals surface area contributed by atoms with E-state index in [9.17, 15) is 13.5 Å². The van der Waals surface area contributed by atoms with Crippen molar-refractivity contribution in [3.05, 3.63) is 33.8 Å². The minimum Gasteiger partial charge on any atom is -0.392 e. The number of nitrogens with zero attached hydrogens (tertiary/aromatic N) is 1. The van der Waals surface area contributed by atoms with E-state index in [0.29, 0.717) is 15.6 Å². The average Bonchev–Trinajstić information content (AvgIpc) is 2.21. The second-order valence-corrected chi connectivity index (χ2v) is 7.04. The molecule has 4 nitrogen and oxygen atoms in total. The van der Waals surface area contributed by atoms with Gasteiger partial charge in [0.25, 0.3) is 0 Å². The number of likely N-dealkylation sites (N-methyl/N-ethyl adjacent to an activating group) is 1. The Morgan fingerprint density at radius 2 is 2.00 bits per heavy atom. The Hall–Kier alpha value is -0.330. The van der Waals surface area contributed by atoms with Crippen LogP contribution in [-0.4, -0.2) is 37.5 Å². The van der Waals surface area contributed by atoms with Crippen molar-refractivity contribution in [2.45, 2.75) is 18.8 Å². The molecule has 1 rings (SSSR count). The molecule has 0 fully saturated rings. The van der Waals surface area contributed by atoms with Crippen molar-refractivity contribution in [3.63, 3.8) is 0 Å². The first kappa shape index (κ1) is 15.7. The van der Waals surface area contributed by atoms with Crippen molar-refractivity contribution in [2.75, 3.05) is 13.6 Å². The van der Waals surface area contributed by atoms with Crippen molar-refractivity contribution in [2.24, 2.45) is 0 Å². The number of aliphatic hydroxyl groups excluding tert-OH is 1.